The molecule has 0 spiro atoms. The maximum Gasteiger partial charge on any atom is 0.0406 e. The largest absolute Gasteiger partial charge is 0.324 e. The van der Waals surface area contributed by atoms with Gasteiger partial charge in [-0.1, -0.05) is 47.5 Å². The van der Waals surface area contributed by atoms with Crippen molar-refractivity contribution in [2.24, 2.45) is 11.5 Å². The predicted octanol–water partition coefficient (Wildman–Crippen LogP) is 4.72. The zero-order valence-electron chi connectivity index (χ0n) is 11.7. The minimum atomic E-state index is 0.0947. The van der Waals surface area contributed by atoms with Crippen LogP contribution in [-0.4, -0.2) is 0 Å². The molecule has 0 bridgehead atoms. The van der Waals surface area contributed by atoms with E-state index in [0.29, 0.717) is 0 Å². The molecule has 0 heterocycles. The Morgan fingerprint density at radius 3 is 1.10 bits per heavy atom. The molecule has 4 heteroatoms. The minimum Gasteiger partial charge on any atom is -0.324 e. The summed E-state index contributed by atoms with van der Waals surface area (Å²) >= 11 is 11.4. The highest BCUT2D eigenvalue weighted by Crippen LogP contribution is 2.14. The molecule has 2 aromatic carbocycles. The van der Waals surface area contributed by atoms with Gasteiger partial charge in [-0.05, 0) is 49.2 Å². The Morgan fingerprint density at radius 2 is 0.900 bits per heavy atom. The van der Waals surface area contributed by atoms with Crippen LogP contribution in [0.3, 0.4) is 0 Å². The fourth-order valence-corrected chi connectivity index (χ4v) is 1.78. The molecular weight excluding hydrogens is 291 g/mol. The minimum absolute atomic E-state index is 0.0947. The van der Waals surface area contributed by atoms with E-state index in [1.54, 1.807) is 0 Å². The number of halogens is 2. The van der Waals surface area contributed by atoms with Gasteiger partial charge in [0.1, 0.15) is 0 Å². The fourth-order valence-electron chi connectivity index (χ4n) is 1.53. The topological polar surface area (TPSA) is 52.0 Å². The van der Waals surface area contributed by atoms with Gasteiger partial charge in [0.05, 0.1) is 0 Å². The summed E-state index contributed by atoms with van der Waals surface area (Å²) in [5.74, 6) is 0. The van der Waals surface area contributed by atoms with Crippen LogP contribution in [0.4, 0.5) is 0 Å². The van der Waals surface area contributed by atoms with Crippen molar-refractivity contribution >= 4 is 23.2 Å². The number of rotatable bonds is 2. The van der Waals surface area contributed by atoms with Crippen molar-refractivity contribution in [2.75, 3.05) is 0 Å². The lowest BCUT2D eigenvalue weighted by atomic mass is 10.1. The van der Waals surface area contributed by atoms with Crippen LogP contribution >= 0.6 is 23.2 Å². The maximum absolute atomic E-state index is 5.68. The quantitative estimate of drug-likeness (QED) is 0.843. The lowest BCUT2D eigenvalue weighted by Gasteiger charge is -2.03. The Balaban J connectivity index is 0.000000200. The third-order valence-corrected chi connectivity index (χ3v) is 3.30. The smallest absolute Gasteiger partial charge is 0.0406 e. The monoisotopic (exact) mass is 310 g/mol. The molecule has 108 valence electrons. The summed E-state index contributed by atoms with van der Waals surface area (Å²) in [5, 5.41) is 1.51. The molecule has 2 atom stereocenters. The van der Waals surface area contributed by atoms with Crippen LogP contribution in [0, 0.1) is 0 Å². The highest BCUT2D eigenvalue weighted by Gasteiger charge is 1.97. The molecule has 2 rings (SSSR count). The molecule has 0 radical (unpaired) electrons. The third-order valence-electron chi connectivity index (χ3n) is 2.79. The first-order valence-electron chi connectivity index (χ1n) is 6.42. The Labute approximate surface area is 130 Å². The average Bonchev–Trinajstić information content (AvgIpc) is 2.40. The number of benzene rings is 2. The van der Waals surface area contributed by atoms with E-state index in [-0.39, 0.29) is 12.1 Å². The molecule has 0 amide bonds. The lowest BCUT2D eigenvalue weighted by molar-refractivity contribution is 0.818. The van der Waals surface area contributed by atoms with Crippen LogP contribution in [0.2, 0.25) is 10.0 Å². The van der Waals surface area contributed by atoms with Gasteiger partial charge >= 0.3 is 0 Å². The second-order valence-corrected chi connectivity index (χ2v) is 5.55. The summed E-state index contributed by atoms with van der Waals surface area (Å²) in [7, 11) is 0. The van der Waals surface area contributed by atoms with Gasteiger partial charge in [0.25, 0.3) is 0 Å². The highest BCUT2D eigenvalue weighted by atomic mass is 35.5. The van der Waals surface area contributed by atoms with Gasteiger partial charge in [-0.3, -0.25) is 0 Å². The van der Waals surface area contributed by atoms with Gasteiger partial charge in [0.15, 0.2) is 0 Å². The van der Waals surface area contributed by atoms with Crippen molar-refractivity contribution < 1.29 is 0 Å². The van der Waals surface area contributed by atoms with Crippen LogP contribution in [0.15, 0.2) is 48.5 Å². The van der Waals surface area contributed by atoms with Crippen molar-refractivity contribution in [3.63, 3.8) is 0 Å². The molecule has 4 N–H and O–H groups in total. The van der Waals surface area contributed by atoms with Gasteiger partial charge in [-0.2, -0.15) is 0 Å². The molecule has 0 aromatic heterocycles. The molecule has 0 saturated carbocycles. The first kappa shape index (κ1) is 17.0. The molecule has 2 unspecified atom stereocenters. The van der Waals surface area contributed by atoms with Crippen molar-refractivity contribution in [2.45, 2.75) is 25.9 Å². The summed E-state index contributed by atoms with van der Waals surface area (Å²) in [4.78, 5) is 0. The van der Waals surface area contributed by atoms with Crippen molar-refractivity contribution in [3.05, 3.63) is 69.7 Å². The summed E-state index contributed by atoms with van der Waals surface area (Å²) in [5.41, 5.74) is 13.5. The highest BCUT2D eigenvalue weighted by molar-refractivity contribution is 6.30. The third kappa shape index (κ3) is 5.93. The molecule has 0 saturated heterocycles. The molecule has 0 aliphatic carbocycles. The van der Waals surface area contributed by atoms with E-state index in [1.807, 2.05) is 62.4 Å². The summed E-state index contributed by atoms with van der Waals surface area (Å²) < 4.78 is 0. The summed E-state index contributed by atoms with van der Waals surface area (Å²) in [6.45, 7) is 3.90. The molecule has 0 aliphatic heterocycles. The molecule has 2 nitrogen and oxygen atoms in total. The van der Waals surface area contributed by atoms with E-state index in [2.05, 4.69) is 0 Å². The summed E-state index contributed by atoms with van der Waals surface area (Å²) in [6.07, 6.45) is 0. The SMILES string of the molecule is CC(N)c1ccc(Cl)cc1.CC(N)c1ccc(Cl)cc1. The molecule has 20 heavy (non-hydrogen) atoms. The first-order chi connectivity index (χ1) is 9.40. The van der Waals surface area contributed by atoms with Crippen LogP contribution in [0.5, 0.6) is 0 Å². The van der Waals surface area contributed by atoms with E-state index in [0.717, 1.165) is 21.2 Å². The fraction of sp³-hybridized carbons (Fsp3) is 0.250. The van der Waals surface area contributed by atoms with E-state index >= 15 is 0 Å². The van der Waals surface area contributed by atoms with Gasteiger partial charge in [-0.25, -0.2) is 0 Å². The molecule has 2 aromatic rings. The van der Waals surface area contributed by atoms with E-state index in [9.17, 15) is 0 Å². The Hall–Kier alpha value is -1.06. The Kier molecular flexibility index (Phi) is 7.03. The zero-order chi connectivity index (χ0) is 15.1. The van der Waals surface area contributed by atoms with Gasteiger partial charge in [0.2, 0.25) is 0 Å². The van der Waals surface area contributed by atoms with Gasteiger partial charge < -0.3 is 11.5 Å². The molecule has 0 fully saturated rings. The number of hydrogen-bond acceptors (Lipinski definition) is 2. The maximum atomic E-state index is 5.68. The van der Waals surface area contributed by atoms with Crippen molar-refractivity contribution in [3.8, 4) is 0 Å². The standard InChI is InChI=1S/2C8H10ClN/c2*1-6(10)7-2-4-8(9)5-3-7/h2*2-6H,10H2,1H3. The second kappa shape index (κ2) is 8.28. The molecular formula is C16H20Cl2N2. The van der Waals surface area contributed by atoms with Crippen LogP contribution in [-0.2, 0) is 0 Å². The Bertz CT molecular complexity index is 456. The predicted molar refractivity (Wildman–Crippen MR) is 88.1 cm³/mol. The van der Waals surface area contributed by atoms with Crippen LogP contribution in [0.1, 0.15) is 37.1 Å². The second-order valence-electron chi connectivity index (χ2n) is 4.68. The number of hydrogen-bond donors (Lipinski definition) is 2. The first-order valence-corrected chi connectivity index (χ1v) is 7.18. The van der Waals surface area contributed by atoms with Crippen LogP contribution < -0.4 is 11.5 Å². The van der Waals surface area contributed by atoms with Crippen molar-refractivity contribution in [1.29, 1.82) is 0 Å². The lowest BCUT2D eigenvalue weighted by Crippen LogP contribution is -2.03. The van der Waals surface area contributed by atoms with Crippen LogP contribution in [0.25, 0.3) is 0 Å². The van der Waals surface area contributed by atoms with E-state index < -0.39 is 0 Å². The zero-order valence-corrected chi connectivity index (χ0v) is 13.2. The number of nitrogens with two attached hydrogens (primary N) is 2. The van der Waals surface area contributed by atoms with Gasteiger partial charge in [-0.15, -0.1) is 0 Å². The summed E-state index contributed by atoms with van der Waals surface area (Å²) in [6, 6.07) is 15.3. The van der Waals surface area contributed by atoms with E-state index in [4.69, 9.17) is 34.7 Å². The van der Waals surface area contributed by atoms with Gasteiger partial charge in [0, 0.05) is 22.1 Å². The van der Waals surface area contributed by atoms with Crippen molar-refractivity contribution in [1.82, 2.24) is 0 Å². The average molecular weight is 311 g/mol. The molecule has 0 aliphatic rings. The van der Waals surface area contributed by atoms with E-state index in [1.165, 1.54) is 0 Å². The normalized spacial score (nSPS) is 13.1. The Morgan fingerprint density at radius 1 is 0.650 bits per heavy atom.